The van der Waals surface area contributed by atoms with Crippen molar-refractivity contribution < 1.29 is 0 Å². The van der Waals surface area contributed by atoms with Crippen molar-refractivity contribution in [2.75, 3.05) is 6.54 Å². The molecule has 3 heteroatoms. The molecule has 10 heavy (non-hydrogen) atoms. The highest BCUT2D eigenvalue weighted by Crippen LogP contribution is 2.20. The molecule has 56 valence electrons. The predicted molar refractivity (Wildman–Crippen MR) is 44.2 cm³/mol. The van der Waals surface area contributed by atoms with Gasteiger partial charge in [0, 0.05) is 11.6 Å². The fourth-order valence-corrected chi connectivity index (χ4v) is 1.08. The van der Waals surface area contributed by atoms with Crippen molar-refractivity contribution >= 4 is 17.4 Å². The molecule has 1 aliphatic heterocycles. The van der Waals surface area contributed by atoms with Crippen LogP contribution in [0, 0.1) is 5.92 Å². The number of aliphatic imine (C=N–C) groups is 1. The Morgan fingerprint density at radius 2 is 2.50 bits per heavy atom. The number of nitrogens with zero attached hydrogens (tertiary/aromatic N) is 1. The molecule has 0 bridgehead atoms. The first kappa shape index (κ1) is 7.61. The van der Waals surface area contributed by atoms with E-state index in [0.717, 1.165) is 18.0 Å². The smallest absolute Gasteiger partial charge is 0.119 e. The van der Waals surface area contributed by atoms with Gasteiger partial charge in [-0.05, 0) is 18.4 Å². The van der Waals surface area contributed by atoms with E-state index < -0.39 is 0 Å². The zero-order valence-electron chi connectivity index (χ0n) is 5.97. The van der Waals surface area contributed by atoms with Gasteiger partial charge in [0.1, 0.15) is 5.84 Å². The molecule has 2 nitrogen and oxygen atoms in total. The van der Waals surface area contributed by atoms with Gasteiger partial charge in [0.15, 0.2) is 0 Å². The lowest BCUT2D eigenvalue weighted by atomic mass is 10.1. The predicted octanol–water partition coefficient (Wildman–Crippen LogP) is 1.51. The summed E-state index contributed by atoms with van der Waals surface area (Å²) in [7, 11) is 0. The van der Waals surface area contributed by atoms with Gasteiger partial charge in [0.05, 0.1) is 0 Å². The molecular formula is C7H11ClN2. The summed E-state index contributed by atoms with van der Waals surface area (Å²) in [6.07, 6.45) is 2.73. The van der Waals surface area contributed by atoms with Crippen LogP contribution in [0.3, 0.4) is 0 Å². The monoisotopic (exact) mass is 158 g/mol. The molecule has 1 rings (SSSR count). The molecule has 0 saturated carbocycles. The molecule has 0 aliphatic carbocycles. The van der Waals surface area contributed by atoms with E-state index in [4.69, 9.17) is 17.3 Å². The van der Waals surface area contributed by atoms with E-state index >= 15 is 0 Å². The third-order valence-electron chi connectivity index (χ3n) is 1.61. The van der Waals surface area contributed by atoms with Gasteiger partial charge in [0.2, 0.25) is 0 Å². The summed E-state index contributed by atoms with van der Waals surface area (Å²) >= 11 is 5.87. The molecule has 1 atom stereocenters. The van der Waals surface area contributed by atoms with Crippen LogP contribution < -0.4 is 5.73 Å². The van der Waals surface area contributed by atoms with Crippen LogP contribution in [0.4, 0.5) is 0 Å². The van der Waals surface area contributed by atoms with Crippen LogP contribution in [0.5, 0.6) is 0 Å². The topological polar surface area (TPSA) is 38.4 Å². The van der Waals surface area contributed by atoms with Gasteiger partial charge in [-0.15, -0.1) is 0 Å². The van der Waals surface area contributed by atoms with E-state index in [1.807, 2.05) is 0 Å². The van der Waals surface area contributed by atoms with Gasteiger partial charge in [-0.25, -0.2) is 0 Å². The van der Waals surface area contributed by atoms with E-state index in [1.54, 1.807) is 6.08 Å². The Morgan fingerprint density at radius 3 is 3.20 bits per heavy atom. The van der Waals surface area contributed by atoms with Crippen LogP contribution in [0.25, 0.3) is 0 Å². The molecule has 1 heterocycles. The molecule has 0 aromatic rings. The number of amidine groups is 1. The molecular weight excluding hydrogens is 148 g/mol. The van der Waals surface area contributed by atoms with Crippen molar-refractivity contribution in [1.82, 2.24) is 0 Å². The fraction of sp³-hybridized carbons (Fsp3) is 0.571. The van der Waals surface area contributed by atoms with E-state index in [9.17, 15) is 0 Å². The number of hydrogen-bond donors (Lipinski definition) is 1. The van der Waals surface area contributed by atoms with Crippen LogP contribution in [0.1, 0.15) is 13.3 Å². The van der Waals surface area contributed by atoms with Crippen molar-refractivity contribution in [1.29, 1.82) is 0 Å². The lowest BCUT2D eigenvalue weighted by Gasteiger charge is -2.03. The maximum atomic E-state index is 5.87. The molecule has 0 radical (unpaired) electrons. The molecule has 0 amide bonds. The normalized spacial score (nSPS) is 26.8. The van der Waals surface area contributed by atoms with Crippen molar-refractivity contribution in [2.24, 2.45) is 16.6 Å². The number of nitrogens with two attached hydrogens (primary N) is 1. The highest BCUT2D eigenvalue weighted by atomic mass is 35.5. The van der Waals surface area contributed by atoms with E-state index in [0.29, 0.717) is 11.8 Å². The Kier molecular flexibility index (Phi) is 2.33. The van der Waals surface area contributed by atoms with Crippen molar-refractivity contribution in [2.45, 2.75) is 13.3 Å². The van der Waals surface area contributed by atoms with Gasteiger partial charge in [-0.2, -0.15) is 0 Å². The van der Waals surface area contributed by atoms with Gasteiger partial charge in [-0.1, -0.05) is 18.5 Å². The number of halogens is 1. The minimum atomic E-state index is 0.409. The zero-order valence-corrected chi connectivity index (χ0v) is 6.73. The van der Waals surface area contributed by atoms with Gasteiger partial charge < -0.3 is 5.73 Å². The first-order valence-electron chi connectivity index (χ1n) is 3.37. The summed E-state index contributed by atoms with van der Waals surface area (Å²) in [4.78, 5) is 4.06. The van der Waals surface area contributed by atoms with Gasteiger partial charge in [-0.3, -0.25) is 4.99 Å². The maximum Gasteiger partial charge on any atom is 0.119 e. The fourth-order valence-electron chi connectivity index (χ4n) is 0.854. The Bertz CT molecular complexity index is 184. The number of hydrogen-bond acceptors (Lipinski definition) is 2. The minimum Gasteiger partial charge on any atom is -0.384 e. The number of allylic oxidation sites excluding steroid dienone is 1. The maximum absolute atomic E-state index is 5.87. The van der Waals surface area contributed by atoms with E-state index in [-0.39, 0.29) is 0 Å². The van der Waals surface area contributed by atoms with E-state index in [1.165, 1.54) is 0 Å². The van der Waals surface area contributed by atoms with Crippen molar-refractivity contribution in [3.05, 3.63) is 11.1 Å². The highest BCUT2D eigenvalue weighted by molar-refractivity contribution is 6.31. The molecule has 0 spiro atoms. The number of rotatable bonds is 0. The van der Waals surface area contributed by atoms with Crippen LogP contribution in [-0.4, -0.2) is 12.4 Å². The van der Waals surface area contributed by atoms with Crippen LogP contribution in [0.15, 0.2) is 16.1 Å². The summed E-state index contributed by atoms with van der Waals surface area (Å²) in [6, 6.07) is 0. The molecule has 0 saturated heterocycles. The quantitative estimate of drug-likeness (QED) is 0.570. The summed E-state index contributed by atoms with van der Waals surface area (Å²) in [5.74, 6) is 0.959. The molecule has 0 aromatic carbocycles. The Labute approximate surface area is 65.8 Å². The first-order chi connectivity index (χ1) is 4.70. The lowest BCUT2D eigenvalue weighted by Crippen LogP contribution is -2.07. The largest absolute Gasteiger partial charge is 0.384 e. The third-order valence-corrected chi connectivity index (χ3v) is 2.09. The lowest BCUT2D eigenvalue weighted by molar-refractivity contribution is 0.654. The Morgan fingerprint density at radius 1 is 1.80 bits per heavy atom. The van der Waals surface area contributed by atoms with Crippen LogP contribution >= 0.6 is 11.6 Å². The van der Waals surface area contributed by atoms with Crippen molar-refractivity contribution in [3.63, 3.8) is 0 Å². The second-order valence-electron chi connectivity index (χ2n) is 2.53. The Hall–Kier alpha value is -0.500. The molecule has 1 aliphatic rings. The standard InChI is InChI=1S/C7H11ClN2/c1-5-2-3-10-7(9)4-6(5)8/h4-5H,2-3H2,1H3,(H2,9,10). The summed E-state index contributed by atoms with van der Waals surface area (Å²) in [5, 5.41) is 0.818. The molecule has 0 fully saturated rings. The van der Waals surface area contributed by atoms with Crippen LogP contribution in [-0.2, 0) is 0 Å². The van der Waals surface area contributed by atoms with Crippen molar-refractivity contribution in [3.8, 4) is 0 Å². The van der Waals surface area contributed by atoms with E-state index in [2.05, 4.69) is 11.9 Å². The molecule has 1 unspecified atom stereocenters. The average molecular weight is 159 g/mol. The minimum absolute atomic E-state index is 0.409. The summed E-state index contributed by atoms with van der Waals surface area (Å²) < 4.78 is 0. The van der Waals surface area contributed by atoms with Gasteiger partial charge >= 0.3 is 0 Å². The molecule has 2 N–H and O–H groups in total. The third kappa shape index (κ3) is 1.74. The average Bonchev–Trinajstić information content (AvgIpc) is 1.96. The van der Waals surface area contributed by atoms with Gasteiger partial charge in [0.25, 0.3) is 0 Å². The SMILES string of the molecule is CC1CCN=C(N)C=C1Cl. The summed E-state index contributed by atoms with van der Waals surface area (Å²) in [6.45, 7) is 2.87. The summed E-state index contributed by atoms with van der Waals surface area (Å²) in [5.41, 5.74) is 5.48. The van der Waals surface area contributed by atoms with Crippen LogP contribution in [0.2, 0.25) is 0 Å². The molecule has 0 aromatic heterocycles. The first-order valence-corrected chi connectivity index (χ1v) is 3.75. The second-order valence-corrected chi connectivity index (χ2v) is 2.96. The second kappa shape index (κ2) is 3.06. The zero-order chi connectivity index (χ0) is 7.56. The Balaban J connectivity index is 2.75. The highest BCUT2D eigenvalue weighted by Gasteiger charge is 2.08.